The van der Waals surface area contributed by atoms with Gasteiger partial charge in [0.1, 0.15) is 0 Å². The maximum absolute atomic E-state index is 12.9. The van der Waals surface area contributed by atoms with Gasteiger partial charge in [-0.25, -0.2) is 0 Å². The highest BCUT2D eigenvalue weighted by atomic mass is 16.3. The first-order valence-electron chi connectivity index (χ1n) is 8.90. The number of hydrogen-bond acceptors (Lipinski definition) is 3. The van der Waals surface area contributed by atoms with Crippen molar-refractivity contribution < 1.29 is 9.90 Å². The van der Waals surface area contributed by atoms with Crippen LogP contribution in [-0.4, -0.2) is 20.9 Å². The second-order valence-electron chi connectivity index (χ2n) is 6.74. The van der Waals surface area contributed by atoms with Crippen LogP contribution < -0.4 is 0 Å². The maximum atomic E-state index is 12.9. The van der Waals surface area contributed by atoms with Crippen LogP contribution in [0.5, 0.6) is 0 Å². The first kappa shape index (κ1) is 17.0. The van der Waals surface area contributed by atoms with Crippen molar-refractivity contribution in [2.75, 3.05) is 0 Å². The number of aromatic nitrogens is 1. The van der Waals surface area contributed by atoms with Gasteiger partial charge in [-0.05, 0) is 29.7 Å². The lowest BCUT2D eigenvalue weighted by molar-refractivity contribution is -0.130. The van der Waals surface area contributed by atoms with Gasteiger partial charge in [-0.3, -0.25) is 9.78 Å². The molecule has 1 aliphatic heterocycles. The highest BCUT2D eigenvalue weighted by molar-refractivity contribution is 6.05. The molecule has 2 heterocycles. The third-order valence-corrected chi connectivity index (χ3v) is 4.86. The van der Waals surface area contributed by atoms with Crippen LogP contribution in [0.1, 0.15) is 28.3 Å². The average molecular weight is 356 g/mol. The summed E-state index contributed by atoms with van der Waals surface area (Å²) >= 11 is 0. The van der Waals surface area contributed by atoms with Crippen molar-refractivity contribution in [1.29, 1.82) is 0 Å². The van der Waals surface area contributed by atoms with Crippen molar-refractivity contribution in [2.45, 2.75) is 19.5 Å². The molecule has 2 aromatic carbocycles. The third kappa shape index (κ3) is 3.22. The number of benzene rings is 2. The molecule has 0 saturated heterocycles. The molecule has 0 aliphatic carbocycles. The molecule has 1 aromatic heterocycles. The Bertz CT molecular complexity index is 980. The predicted molar refractivity (Wildman–Crippen MR) is 105 cm³/mol. The van der Waals surface area contributed by atoms with E-state index in [0.717, 1.165) is 22.3 Å². The van der Waals surface area contributed by atoms with Gasteiger partial charge in [-0.15, -0.1) is 0 Å². The fourth-order valence-electron chi connectivity index (χ4n) is 3.51. The molecule has 3 aromatic rings. The van der Waals surface area contributed by atoms with Crippen LogP contribution in [0.15, 0.2) is 84.9 Å². The summed E-state index contributed by atoms with van der Waals surface area (Å²) in [7, 11) is 0. The molecule has 1 N–H and O–H groups in total. The molecule has 1 aliphatic rings. The topological polar surface area (TPSA) is 53.4 Å². The number of pyridine rings is 1. The van der Waals surface area contributed by atoms with Gasteiger partial charge in [0.15, 0.2) is 5.76 Å². The van der Waals surface area contributed by atoms with Gasteiger partial charge in [0.2, 0.25) is 0 Å². The Hall–Kier alpha value is -3.40. The van der Waals surface area contributed by atoms with Gasteiger partial charge in [-0.2, -0.15) is 0 Å². The molecular formula is C23H20N2O2. The third-order valence-electron chi connectivity index (χ3n) is 4.86. The zero-order valence-electron chi connectivity index (χ0n) is 15.0. The molecule has 1 amide bonds. The lowest BCUT2D eigenvalue weighted by Gasteiger charge is -2.27. The molecule has 0 saturated carbocycles. The summed E-state index contributed by atoms with van der Waals surface area (Å²) in [4.78, 5) is 18.8. The van der Waals surface area contributed by atoms with E-state index in [1.54, 1.807) is 17.3 Å². The zero-order chi connectivity index (χ0) is 18.8. The molecule has 0 spiro atoms. The SMILES string of the molecule is Cc1ccc(C2=C(O)C(=O)N(Cc3cccnc3)[C@@H]2c2ccccc2)cc1. The van der Waals surface area contributed by atoms with Crippen molar-refractivity contribution in [3.63, 3.8) is 0 Å². The van der Waals surface area contributed by atoms with E-state index in [9.17, 15) is 9.90 Å². The quantitative estimate of drug-likeness (QED) is 0.752. The number of carbonyl (C=O) groups excluding carboxylic acids is 1. The van der Waals surface area contributed by atoms with Gasteiger partial charge in [0.05, 0.1) is 6.04 Å². The largest absolute Gasteiger partial charge is 0.503 e. The summed E-state index contributed by atoms with van der Waals surface area (Å²) in [6.07, 6.45) is 3.45. The highest BCUT2D eigenvalue weighted by Gasteiger charge is 2.40. The van der Waals surface area contributed by atoms with Crippen LogP contribution in [0.2, 0.25) is 0 Å². The van der Waals surface area contributed by atoms with E-state index in [2.05, 4.69) is 4.98 Å². The summed E-state index contributed by atoms with van der Waals surface area (Å²) < 4.78 is 0. The second-order valence-corrected chi connectivity index (χ2v) is 6.74. The summed E-state index contributed by atoms with van der Waals surface area (Å²) in [5.74, 6) is -0.542. The number of hydrogen-bond donors (Lipinski definition) is 1. The number of aliphatic hydroxyl groups is 1. The van der Waals surface area contributed by atoms with Crippen LogP contribution in [0, 0.1) is 6.92 Å². The second kappa shape index (κ2) is 7.08. The lowest BCUT2D eigenvalue weighted by Crippen LogP contribution is -2.29. The van der Waals surface area contributed by atoms with Gasteiger partial charge in [-0.1, -0.05) is 66.2 Å². The van der Waals surface area contributed by atoms with Gasteiger partial charge >= 0.3 is 0 Å². The van der Waals surface area contributed by atoms with E-state index in [4.69, 9.17) is 0 Å². The predicted octanol–water partition coefficient (Wildman–Crippen LogP) is 4.44. The standard InChI is InChI=1S/C23H20N2O2/c1-16-9-11-18(12-10-16)20-21(19-7-3-2-4-8-19)25(23(27)22(20)26)15-17-6-5-13-24-14-17/h2-14,21,26H,15H2,1H3/t21-/m1/s1. The number of aliphatic hydroxyl groups excluding tert-OH is 1. The molecular weight excluding hydrogens is 336 g/mol. The van der Waals surface area contributed by atoms with E-state index in [-0.39, 0.29) is 17.7 Å². The van der Waals surface area contributed by atoms with Crippen molar-refractivity contribution in [2.24, 2.45) is 0 Å². The first-order chi connectivity index (χ1) is 13.1. The number of rotatable bonds is 4. The molecule has 134 valence electrons. The van der Waals surface area contributed by atoms with Crippen LogP contribution in [0.4, 0.5) is 0 Å². The van der Waals surface area contributed by atoms with Crippen molar-refractivity contribution in [3.8, 4) is 0 Å². The summed E-state index contributed by atoms with van der Waals surface area (Å²) in [5.41, 5.74) is 4.52. The summed E-state index contributed by atoms with van der Waals surface area (Å²) in [6.45, 7) is 2.40. The lowest BCUT2D eigenvalue weighted by atomic mass is 9.93. The first-order valence-corrected chi connectivity index (χ1v) is 8.90. The minimum Gasteiger partial charge on any atom is -0.503 e. The molecule has 0 bridgehead atoms. The molecule has 0 fully saturated rings. The summed E-state index contributed by atoms with van der Waals surface area (Å²) in [5, 5.41) is 10.7. The molecule has 4 nitrogen and oxygen atoms in total. The fraction of sp³-hybridized carbons (Fsp3) is 0.130. The maximum Gasteiger partial charge on any atom is 0.290 e. The van der Waals surface area contributed by atoms with Crippen molar-refractivity contribution in [3.05, 3.63) is 107 Å². The Balaban J connectivity index is 1.81. The van der Waals surface area contributed by atoms with Crippen LogP contribution in [-0.2, 0) is 11.3 Å². The van der Waals surface area contributed by atoms with E-state index in [1.165, 1.54) is 0 Å². The Morgan fingerprint density at radius 3 is 2.41 bits per heavy atom. The highest BCUT2D eigenvalue weighted by Crippen LogP contribution is 2.43. The minimum absolute atomic E-state index is 0.184. The number of amides is 1. The molecule has 1 atom stereocenters. The van der Waals surface area contributed by atoms with Crippen LogP contribution >= 0.6 is 0 Å². The van der Waals surface area contributed by atoms with Gasteiger partial charge in [0, 0.05) is 24.5 Å². The van der Waals surface area contributed by atoms with Crippen LogP contribution in [0.3, 0.4) is 0 Å². The monoisotopic (exact) mass is 356 g/mol. The van der Waals surface area contributed by atoms with Gasteiger partial charge in [0.25, 0.3) is 5.91 Å². The van der Waals surface area contributed by atoms with E-state index in [0.29, 0.717) is 12.1 Å². The van der Waals surface area contributed by atoms with Crippen molar-refractivity contribution >= 4 is 11.5 Å². The number of nitrogens with zero attached hydrogens (tertiary/aromatic N) is 2. The van der Waals surface area contributed by atoms with E-state index < -0.39 is 0 Å². The minimum atomic E-state index is -0.358. The van der Waals surface area contributed by atoms with Crippen molar-refractivity contribution in [1.82, 2.24) is 9.88 Å². The molecule has 4 rings (SSSR count). The molecule has 4 heteroatoms. The number of carbonyl (C=O) groups is 1. The molecule has 0 radical (unpaired) electrons. The zero-order valence-corrected chi connectivity index (χ0v) is 15.0. The van der Waals surface area contributed by atoms with Crippen LogP contribution in [0.25, 0.3) is 5.57 Å². The normalized spacial score (nSPS) is 16.9. The Morgan fingerprint density at radius 1 is 1.00 bits per heavy atom. The van der Waals surface area contributed by atoms with E-state index >= 15 is 0 Å². The fourth-order valence-corrected chi connectivity index (χ4v) is 3.51. The summed E-state index contributed by atoms with van der Waals surface area (Å²) in [6, 6.07) is 21.1. The van der Waals surface area contributed by atoms with Gasteiger partial charge < -0.3 is 10.0 Å². The van der Waals surface area contributed by atoms with E-state index in [1.807, 2.05) is 73.7 Å². The number of aryl methyl sites for hydroxylation is 1. The Labute approximate surface area is 158 Å². The smallest absolute Gasteiger partial charge is 0.290 e. The molecule has 0 unspecified atom stereocenters. The Kier molecular flexibility index (Phi) is 4.47. The Morgan fingerprint density at radius 2 is 1.74 bits per heavy atom. The molecule has 27 heavy (non-hydrogen) atoms. The average Bonchev–Trinajstić information content (AvgIpc) is 2.95.